The highest BCUT2D eigenvalue weighted by Crippen LogP contribution is 2.21. The molecule has 0 aliphatic heterocycles. The van der Waals surface area contributed by atoms with Gasteiger partial charge >= 0.3 is 5.82 Å². The smallest absolute Gasteiger partial charge is 0.328 e. The van der Waals surface area contributed by atoms with Crippen LogP contribution in [0.25, 0.3) is 28.1 Å². The summed E-state index contributed by atoms with van der Waals surface area (Å²) in [7, 11) is 0. The van der Waals surface area contributed by atoms with Crippen molar-refractivity contribution in [2.75, 3.05) is 0 Å². The Morgan fingerprint density at radius 1 is 0.633 bits per heavy atom. The molecular weight excluding hydrogens is 504 g/mol. The number of hydrogen-bond donors (Lipinski definition) is 0. The number of nitrogens with zero attached hydrogens (tertiary/aromatic N) is 4. The van der Waals surface area contributed by atoms with Crippen molar-refractivity contribution in [3.63, 3.8) is 0 Å². The lowest BCUT2D eigenvalue weighted by atomic mass is 10.0. The highest BCUT2D eigenvalue weighted by atomic mass is 79.9. The molecule has 6 heteroatoms. The average molecular weight is 520 g/mol. The molecule has 0 aliphatic carbocycles. The molecule has 0 aliphatic rings. The average Bonchev–Trinajstić information content (AvgIpc) is 2.79. The number of halogens is 2. The lowest BCUT2D eigenvalue weighted by Gasteiger charge is -2.04. The molecule has 4 aromatic rings. The molecule has 2 heterocycles. The van der Waals surface area contributed by atoms with Gasteiger partial charge in [-0.15, -0.1) is 17.0 Å². The van der Waals surface area contributed by atoms with Crippen LogP contribution >= 0.6 is 17.0 Å². The maximum atomic E-state index is 8.95. The van der Waals surface area contributed by atoms with Crippen LogP contribution in [0.4, 0.5) is 0 Å². The van der Waals surface area contributed by atoms with Crippen LogP contribution in [0.5, 0.6) is 0 Å². The summed E-state index contributed by atoms with van der Waals surface area (Å²) in [4.78, 5) is 4.47. The third kappa shape index (κ3) is 4.99. The van der Waals surface area contributed by atoms with Crippen molar-refractivity contribution in [2.24, 2.45) is 0 Å². The Bertz CT molecular complexity index is 1200. The molecule has 4 rings (SSSR count). The molecule has 0 atom stereocenters. The van der Waals surface area contributed by atoms with E-state index in [-0.39, 0.29) is 34.0 Å². The van der Waals surface area contributed by atoms with Crippen molar-refractivity contribution in [1.29, 1.82) is 10.5 Å². The zero-order valence-electron chi connectivity index (χ0n) is 15.7. The Morgan fingerprint density at radius 3 is 1.60 bits per heavy atom. The summed E-state index contributed by atoms with van der Waals surface area (Å²) in [6.07, 6.45) is 5.72. The maximum absolute atomic E-state index is 8.95. The first-order valence-corrected chi connectivity index (χ1v) is 8.76. The monoisotopic (exact) mass is 518 g/mol. The van der Waals surface area contributed by atoms with Gasteiger partial charge in [-0.25, -0.2) is 4.57 Å². The summed E-state index contributed by atoms with van der Waals surface area (Å²) in [6, 6.07) is 27.3. The number of hydrogen-bond acceptors (Lipinski definition) is 3. The second-order valence-corrected chi connectivity index (χ2v) is 6.28. The van der Waals surface area contributed by atoms with Gasteiger partial charge in [0.05, 0.1) is 35.7 Å². The van der Waals surface area contributed by atoms with Crippen LogP contribution in [0.3, 0.4) is 0 Å². The largest absolute Gasteiger partial charge is 1.00 e. The standard InChI is InChI=1S/C24H15N4.2BrH/c25-16-18-1-5-20(6-2-18)22-10-13-28(14-11-22)24-15-23(9-12-27-24)21-7-3-19(17-26)4-8-21;;/h1-15H;2*1H/q+1;;/p-1. The van der Waals surface area contributed by atoms with Crippen LogP contribution < -0.4 is 21.5 Å². The lowest BCUT2D eigenvalue weighted by Crippen LogP contribution is -3.00. The molecule has 2 aromatic heterocycles. The Hall–Kier alpha value is -3.32. The lowest BCUT2D eigenvalue weighted by molar-refractivity contribution is -0.599. The number of benzene rings is 2. The van der Waals surface area contributed by atoms with Gasteiger partial charge in [0.2, 0.25) is 0 Å². The topological polar surface area (TPSA) is 64.3 Å². The summed E-state index contributed by atoms with van der Waals surface area (Å²) in [5, 5.41) is 17.9. The number of rotatable bonds is 3. The predicted octanol–water partition coefficient (Wildman–Crippen LogP) is 2.02. The number of aromatic nitrogens is 2. The van der Waals surface area contributed by atoms with Gasteiger partial charge in [-0.1, -0.05) is 24.3 Å². The van der Waals surface area contributed by atoms with Crippen molar-refractivity contribution >= 4 is 17.0 Å². The van der Waals surface area contributed by atoms with Gasteiger partial charge in [-0.2, -0.15) is 10.5 Å². The molecule has 30 heavy (non-hydrogen) atoms. The van der Waals surface area contributed by atoms with Crippen molar-refractivity contribution < 1.29 is 21.5 Å². The van der Waals surface area contributed by atoms with E-state index in [2.05, 4.69) is 17.1 Å². The first kappa shape index (κ1) is 23.0. The molecule has 2 aromatic carbocycles. The van der Waals surface area contributed by atoms with Crippen molar-refractivity contribution in [3.05, 3.63) is 103 Å². The summed E-state index contributed by atoms with van der Waals surface area (Å²) < 4.78 is 1.96. The normalized spacial score (nSPS) is 9.40. The summed E-state index contributed by atoms with van der Waals surface area (Å²) in [6.45, 7) is 0. The third-order valence-electron chi connectivity index (χ3n) is 4.53. The van der Waals surface area contributed by atoms with Gasteiger partial charge in [0.25, 0.3) is 0 Å². The fraction of sp³-hybridized carbons (Fsp3) is 0. The van der Waals surface area contributed by atoms with Crippen LogP contribution in [0.15, 0.2) is 91.4 Å². The molecule has 0 spiro atoms. The van der Waals surface area contributed by atoms with Gasteiger partial charge in [0, 0.05) is 6.07 Å². The predicted molar refractivity (Wildman–Crippen MR) is 116 cm³/mol. The first-order chi connectivity index (χ1) is 13.8. The molecule has 0 N–H and O–H groups in total. The zero-order chi connectivity index (χ0) is 19.3. The van der Waals surface area contributed by atoms with Crippen LogP contribution in [0.1, 0.15) is 11.1 Å². The van der Waals surface area contributed by atoms with Crippen molar-refractivity contribution in [3.8, 4) is 40.2 Å². The van der Waals surface area contributed by atoms with Crippen LogP contribution in [0.2, 0.25) is 0 Å². The van der Waals surface area contributed by atoms with Crippen LogP contribution in [-0.2, 0) is 0 Å². The van der Waals surface area contributed by atoms with Gasteiger partial charge in [-0.3, -0.25) is 0 Å². The van der Waals surface area contributed by atoms with E-state index >= 15 is 0 Å². The van der Waals surface area contributed by atoms with E-state index in [1.165, 1.54) is 0 Å². The van der Waals surface area contributed by atoms with Crippen LogP contribution in [0, 0.1) is 22.7 Å². The van der Waals surface area contributed by atoms with E-state index in [4.69, 9.17) is 10.5 Å². The Balaban J connectivity index is 0.00000160. The van der Waals surface area contributed by atoms with Crippen molar-refractivity contribution in [1.82, 2.24) is 4.98 Å². The molecule has 0 bridgehead atoms. The molecule has 0 radical (unpaired) electrons. The second kappa shape index (κ2) is 10.5. The SMILES string of the molecule is Br.N#Cc1ccc(-c2cc[n+](-c3cc(-c4ccc(C#N)cc4)ccn3)cc2)cc1.[Br-]. The second-order valence-electron chi connectivity index (χ2n) is 6.28. The molecule has 0 saturated heterocycles. The van der Waals surface area contributed by atoms with E-state index in [9.17, 15) is 0 Å². The minimum absolute atomic E-state index is 0. The fourth-order valence-corrected chi connectivity index (χ4v) is 2.99. The molecule has 0 amide bonds. The highest BCUT2D eigenvalue weighted by Gasteiger charge is 2.10. The summed E-state index contributed by atoms with van der Waals surface area (Å²) in [5.41, 5.74) is 5.51. The highest BCUT2D eigenvalue weighted by molar-refractivity contribution is 8.93. The van der Waals surface area contributed by atoms with E-state index in [1.807, 2.05) is 89.8 Å². The van der Waals surface area contributed by atoms with E-state index in [1.54, 1.807) is 6.20 Å². The first-order valence-electron chi connectivity index (χ1n) is 8.76. The zero-order valence-corrected chi connectivity index (χ0v) is 19.0. The molecule has 0 fully saturated rings. The van der Waals surface area contributed by atoms with E-state index in [0.717, 1.165) is 28.1 Å². The number of nitriles is 2. The minimum atomic E-state index is 0. The third-order valence-corrected chi connectivity index (χ3v) is 4.53. The van der Waals surface area contributed by atoms with Gasteiger partial charge in [0.1, 0.15) is 6.20 Å². The summed E-state index contributed by atoms with van der Waals surface area (Å²) in [5.74, 6) is 0.813. The van der Waals surface area contributed by atoms with Gasteiger partial charge in [-0.05, 0) is 69.7 Å². The fourth-order valence-electron chi connectivity index (χ4n) is 2.99. The molecule has 146 valence electrons. The molecule has 0 saturated carbocycles. The quantitative estimate of drug-likeness (QED) is 0.389. The van der Waals surface area contributed by atoms with Crippen LogP contribution in [-0.4, -0.2) is 4.98 Å². The molecule has 4 nitrogen and oxygen atoms in total. The molecule has 0 unspecified atom stereocenters. The van der Waals surface area contributed by atoms with Gasteiger partial charge < -0.3 is 17.0 Å². The summed E-state index contributed by atoms with van der Waals surface area (Å²) >= 11 is 0. The van der Waals surface area contributed by atoms with Crippen molar-refractivity contribution in [2.45, 2.75) is 0 Å². The Kier molecular flexibility index (Phi) is 8.00. The minimum Gasteiger partial charge on any atom is -1.00 e. The number of pyridine rings is 2. The Labute approximate surface area is 196 Å². The maximum Gasteiger partial charge on any atom is 0.328 e. The molecular formula is C24H16Br2N4. The Morgan fingerprint density at radius 2 is 1.10 bits per heavy atom. The van der Waals surface area contributed by atoms with E-state index < -0.39 is 0 Å². The van der Waals surface area contributed by atoms with Gasteiger partial charge in [0.15, 0.2) is 0 Å². The van der Waals surface area contributed by atoms with E-state index in [0.29, 0.717) is 11.1 Å².